The first-order chi connectivity index (χ1) is 11.6. The zero-order valence-corrected chi connectivity index (χ0v) is 13.5. The molecule has 0 aliphatic rings. The summed E-state index contributed by atoms with van der Waals surface area (Å²) in [6.07, 6.45) is 5.62. The Hall–Kier alpha value is -2.86. The van der Waals surface area contributed by atoms with Gasteiger partial charge in [-0.3, -0.25) is 9.59 Å². The van der Waals surface area contributed by atoms with Crippen LogP contribution in [0.25, 0.3) is 5.69 Å². The molecule has 24 heavy (non-hydrogen) atoms. The first-order valence-electron chi connectivity index (χ1n) is 7.39. The maximum Gasteiger partial charge on any atom is 0.260 e. The summed E-state index contributed by atoms with van der Waals surface area (Å²) in [4.78, 5) is 26.1. The first kappa shape index (κ1) is 16.0. The van der Waals surface area contributed by atoms with Crippen molar-refractivity contribution in [3.05, 3.63) is 81.5 Å². The van der Waals surface area contributed by atoms with Crippen molar-refractivity contribution in [3.8, 4) is 5.69 Å². The largest absolute Gasteiger partial charge is 0.352 e. The molecule has 1 aromatic carbocycles. The van der Waals surface area contributed by atoms with Gasteiger partial charge in [0, 0.05) is 18.9 Å². The van der Waals surface area contributed by atoms with Crippen LogP contribution >= 0.6 is 11.6 Å². The number of aromatic amines is 1. The highest BCUT2D eigenvalue weighted by Gasteiger charge is 2.10. The molecule has 6 nitrogen and oxygen atoms in total. The van der Waals surface area contributed by atoms with Crippen LogP contribution in [-0.4, -0.2) is 27.2 Å². The van der Waals surface area contributed by atoms with E-state index in [-0.39, 0.29) is 5.56 Å². The molecule has 7 heteroatoms. The minimum absolute atomic E-state index is 0.00230. The third-order valence-electron chi connectivity index (χ3n) is 3.47. The molecule has 2 heterocycles. The minimum atomic E-state index is -0.464. The second-order valence-electron chi connectivity index (χ2n) is 5.20. The Morgan fingerprint density at radius 2 is 2.08 bits per heavy atom. The summed E-state index contributed by atoms with van der Waals surface area (Å²) >= 11 is 5.79. The lowest BCUT2D eigenvalue weighted by molar-refractivity contribution is 0.0952. The summed E-state index contributed by atoms with van der Waals surface area (Å²) in [6, 6.07) is 11.1. The second kappa shape index (κ2) is 7.14. The molecule has 2 N–H and O–H groups in total. The van der Waals surface area contributed by atoms with Gasteiger partial charge < -0.3 is 10.3 Å². The van der Waals surface area contributed by atoms with E-state index in [1.165, 1.54) is 12.3 Å². The maximum atomic E-state index is 12.0. The molecule has 2 aromatic heterocycles. The molecule has 0 unspecified atom stereocenters. The molecule has 0 atom stereocenters. The van der Waals surface area contributed by atoms with Crippen molar-refractivity contribution in [2.45, 2.75) is 6.42 Å². The number of rotatable bonds is 5. The van der Waals surface area contributed by atoms with E-state index in [1.807, 2.05) is 36.5 Å². The van der Waals surface area contributed by atoms with Crippen LogP contribution in [0.5, 0.6) is 0 Å². The molecular formula is C17H15ClN4O2. The molecule has 122 valence electrons. The number of H-pyrrole nitrogens is 1. The Morgan fingerprint density at radius 3 is 2.88 bits per heavy atom. The van der Waals surface area contributed by atoms with Crippen molar-refractivity contribution in [2.24, 2.45) is 0 Å². The summed E-state index contributed by atoms with van der Waals surface area (Å²) in [5.74, 6) is -0.450. The molecule has 3 aromatic rings. The molecule has 0 aliphatic carbocycles. The number of nitrogens with one attached hydrogen (secondary N) is 2. The van der Waals surface area contributed by atoms with E-state index in [0.717, 1.165) is 11.3 Å². The van der Waals surface area contributed by atoms with Gasteiger partial charge in [-0.05, 0) is 30.2 Å². The number of amides is 1. The van der Waals surface area contributed by atoms with Gasteiger partial charge >= 0.3 is 0 Å². The van der Waals surface area contributed by atoms with Crippen molar-refractivity contribution in [3.63, 3.8) is 0 Å². The number of aromatic nitrogens is 3. The minimum Gasteiger partial charge on any atom is -0.352 e. The summed E-state index contributed by atoms with van der Waals surface area (Å²) in [7, 11) is 0. The molecular weight excluding hydrogens is 328 g/mol. The molecule has 0 saturated heterocycles. The number of para-hydroxylation sites is 1. The third-order valence-corrected chi connectivity index (χ3v) is 3.69. The number of hydrogen-bond acceptors (Lipinski definition) is 3. The van der Waals surface area contributed by atoms with Crippen molar-refractivity contribution in [1.29, 1.82) is 0 Å². The molecule has 3 rings (SSSR count). The third kappa shape index (κ3) is 3.72. The fourth-order valence-electron chi connectivity index (χ4n) is 2.25. The number of pyridine rings is 1. The van der Waals surface area contributed by atoms with Crippen LogP contribution in [0.4, 0.5) is 0 Å². The SMILES string of the molecule is O=C(NCCc1cnn(-c2ccccc2)c1)c1cc(Cl)c[nH]c1=O. The Labute approximate surface area is 143 Å². The van der Waals surface area contributed by atoms with Gasteiger partial charge in [0.05, 0.1) is 16.9 Å². The number of hydrogen-bond donors (Lipinski definition) is 2. The molecule has 1 amide bonds. The zero-order chi connectivity index (χ0) is 16.9. The number of nitrogens with zero attached hydrogens (tertiary/aromatic N) is 2. The lowest BCUT2D eigenvalue weighted by Crippen LogP contribution is -2.30. The highest BCUT2D eigenvalue weighted by Crippen LogP contribution is 2.08. The van der Waals surface area contributed by atoms with Crippen LogP contribution in [0.1, 0.15) is 15.9 Å². The molecule has 0 spiro atoms. The van der Waals surface area contributed by atoms with E-state index >= 15 is 0 Å². The molecule has 0 bridgehead atoms. The van der Waals surface area contributed by atoms with E-state index in [4.69, 9.17) is 11.6 Å². The van der Waals surface area contributed by atoms with Gasteiger partial charge in [0.25, 0.3) is 11.5 Å². The quantitative estimate of drug-likeness (QED) is 0.746. The highest BCUT2D eigenvalue weighted by molar-refractivity contribution is 6.30. The highest BCUT2D eigenvalue weighted by atomic mass is 35.5. The van der Waals surface area contributed by atoms with Crippen LogP contribution in [0.3, 0.4) is 0 Å². The molecule has 0 radical (unpaired) electrons. The summed E-state index contributed by atoms with van der Waals surface area (Å²) in [6.45, 7) is 0.394. The van der Waals surface area contributed by atoms with E-state index in [2.05, 4.69) is 15.4 Å². The fraction of sp³-hybridized carbons (Fsp3) is 0.118. The van der Waals surface area contributed by atoms with E-state index in [0.29, 0.717) is 18.0 Å². The molecule has 0 aliphatic heterocycles. The normalized spacial score (nSPS) is 10.5. The number of benzene rings is 1. The summed E-state index contributed by atoms with van der Waals surface area (Å²) in [5, 5.41) is 7.32. The van der Waals surface area contributed by atoms with Gasteiger partial charge in [-0.1, -0.05) is 29.8 Å². The average Bonchev–Trinajstić information content (AvgIpc) is 3.06. The summed E-state index contributed by atoms with van der Waals surface area (Å²) < 4.78 is 1.78. The van der Waals surface area contributed by atoms with Crippen LogP contribution in [0.15, 0.2) is 59.8 Å². The smallest absolute Gasteiger partial charge is 0.260 e. The predicted molar refractivity (Wildman–Crippen MR) is 91.7 cm³/mol. The van der Waals surface area contributed by atoms with Crippen molar-refractivity contribution >= 4 is 17.5 Å². The number of carbonyl (C=O) groups is 1. The van der Waals surface area contributed by atoms with Gasteiger partial charge in [-0.2, -0.15) is 5.10 Å². The van der Waals surface area contributed by atoms with Crippen LogP contribution in [0, 0.1) is 0 Å². The lowest BCUT2D eigenvalue weighted by Gasteiger charge is -2.04. The van der Waals surface area contributed by atoms with Crippen LogP contribution < -0.4 is 10.9 Å². The Bertz CT molecular complexity index is 902. The van der Waals surface area contributed by atoms with Gasteiger partial charge in [0.1, 0.15) is 5.56 Å². The second-order valence-corrected chi connectivity index (χ2v) is 5.63. The van der Waals surface area contributed by atoms with Gasteiger partial charge in [0.2, 0.25) is 0 Å². The molecule has 0 fully saturated rings. The number of halogens is 1. The van der Waals surface area contributed by atoms with E-state index < -0.39 is 11.5 Å². The van der Waals surface area contributed by atoms with Gasteiger partial charge in [-0.15, -0.1) is 0 Å². The van der Waals surface area contributed by atoms with Crippen molar-refractivity contribution < 1.29 is 4.79 Å². The Kier molecular flexibility index (Phi) is 4.77. The lowest BCUT2D eigenvalue weighted by atomic mass is 10.2. The Balaban J connectivity index is 1.59. The predicted octanol–water partition coefficient (Wildman–Crippen LogP) is 2.19. The fourth-order valence-corrected chi connectivity index (χ4v) is 2.42. The van der Waals surface area contributed by atoms with Crippen LogP contribution in [-0.2, 0) is 6.42 Å². The van der Waals surface area contributed by atoms with E-state index in [9.17, 15) is 9.59 Å². The van der Waals surface area contributed by atoms with Crippen molar-refractivity contribution in [1.82, 2.24) is 20.1 Å². The topological polar surface area (TPSA) is 79.8 Å². The average molecular weight is 343 g/mol. The van der Waals surface area contributed by atoms with Gasteiger partial charge in [-0.25, -0.2) is 4.68 Å². The maximum absolute atomic E-state index is 12.0. The van der Waals surface area contributed by atoms with Gasteiger partial charge in [0.15, 0.2) is 0 Å². The Morgan fingerprint density at radius 1 is 1.29 bits per heavy atom. The van der Waals surface area contributed by atoms with Crippen molar-refractivity contribution in [2.75, 3.05) is 6.54 Å². The number of carbonyl (C=O) groups excluding carboxylic acids is 1. The zero-order valence-electron chi connectivity index (χ0n) is 12.7. The summed E-state index contributed by atoms with van der Waals surface area (Å²) in [5.41, 5.74) is 1.49. The first-order valence-corrected chi connectivity index (χ1v) is 7.77. The van der Waals surface area contributed by atoms with E-state index in [1.54, 1.807) is 10.9 Å². The molecule has 0 saturated carbocycles. The monoisotopic (exact) mass is 342 g/mol. The van der Waals surface area contributed by atoms with Crippen LogP contribution in [0.2, 0.25) is 5.02 Å². The standard InChI is InChI=1S/C17H15ClN4O2/c18-13-8-15(17(24)20-10-13)16(23)19-7-6-12-9-21-22(11-12)14-4-2-1-3-5-14/h1-5,8-11H,6-7H2,(H,19,23)(H,20,24).